The summed E-state index contributed by atoms with van der Waals surface area (Å²) >= 11 is 0. The van der Waals surface area contributed by atoms with Gasteiger partial charge in [-0.2, -0.15) is 5.26 Å². The molecule has 1 heterocycles. The fraction of sp³-hybridized carbons (Fsp3) is 0.273. The Morgan fingerprint density at radius 1 is 1.38 bits per heavy atom. The molecule has 0 radical (unpaired) electrons. The number of nitrogens with zero attached hydrogens (tertiary/aromatic N) is 2. The van der Waals surface area contributed by atoms with Gasteiger partial charge in [0.05, 0.1) is 24.7 Å². The number of amides is 1. The smallest absolute Gasteiger partial charge is 0.407 e. The van der Waals surface area contributed by atoms with Crippen LogP contribution in [-0.2, 0) is 5.60 Å². The molecule has 1 saturated heterocycles. The Morgan fingerprint density at radius 2 is 1.94 bits per heavy atom. The van der Waals surface area contributed by atoms with Gasteiger partial charge in [0.15, 0.2) is 0 Å². The molecule has 5 nitrogen and oxygen atoms in total. The van der Waals surface area contributed by atoms with Crippen LogP contribution in [0.5, 0.6) is 0 Å². The number of β-amino-alcohol motifs (C(OH)–C–C–N with tert-alkyl or cyclic N) is 1. The van der Waals surface area contributed by atoms with E-state index < -0.39 is 11.7 Å². The number of likely N-dealkylation sites (tertiary alicyclic amines) is 1. The van der Waals surface area contributed by atoms with Gasteiger partial charge in [0.1, 0.15) is 5.60 Å². The van der Waals surface area contributed by atoms with E-state index in [0.717, 1.165) is 4.90 Å². The molecule has 2 N–H and O–H groups in total. The Balaban J connectivity index is 2.14. The third-order valence-corrected chi connectivity index (χ3v) is 2.73. The van der Waals surface area contributed by atoms with E-state index in [1.807, 2.05) is 6.07 Å². The highest BCUT2D eigenvalue weighted by Gasteiger charge is 2.45. The minimum absolute atomic E-state index is 0.0776. The van der Waals surface area contributed by atoms with Crippen LogP contribution >= 0.6 is 0 Å². The van der Waals surface area contributed by atoms with Crippen molar-refractivity contribution in [2.75, 3.05) is 13.1 Å². The molecule has 1 aromatic rings. The average molecular weight is 218 g/mol. The van der Waals surface area contributed by atoms with Gasteiger partial charge >= 0.3 is 6.09 Å². The lowest BCUT2D eigenvalue weighted by atomic mass is 9.86. The highest BCUT2D eigenvalue weighted by molar-refractivity contribution is 5.67. The highest BCUT2D eigenvalue weighted by atomic mass is 16.4. The summed E-state index contributed by atoms with van der Waals surface area (Å²) in [6.07, 6.45) is -1.03. The first kappa shape index (κ1) is 10.5. The lowest BCUT2D eigenvalue weighted by Gasteiger charge is -2.45. The fourth-order valence-corrected chi connectivity index (χ4v) is 1.76. The van der Waals surface area contributed by atoms with E-state index in [-0.39, 0.29) is 13.1 Å². The Hall–Kier alpha value is -2.06. The number of aliphatic hydroxyl groups is 1. The molecule has 1 fully saturated rings. The van der Waals surface area contributed by atoms with Crippen molar-refractivity contribution in [3.63, 3.8) is 0 Å². The molecular weight excluding hydrogens is 208 g/mol. The van der Waals surface area contributed by atoms with Gasteiger partial charge in [0, 0.05) is 0 Å². The van der Waals surface area contributed by atoms with Crippen molar-refractivity contribution in [2.45, 2.75) is 5.60 Å². The molecule has 1 aliphatic rings. The van der Waals surface area contributed by atoms with Crippen molar-refractivity contribution < 1.29 is 15.0 Å². The average Bonchev–Trinajstić information content (AvgIpc) is 2.24. The van der Waals surface area contributed by atoms with Crippen LogP contribution in [0.3, 0.4) is 0 Å². The normalized spacial score (nSPS) is 17.4. The van der Waals surface area contributed by atoms with E-state index in [9.17, 15) is 9.90 Å². The van der Waals surface area contributed by atoms with Crippen molar-refractivity contribution in [2.24, 2.45) is 0 Å². The summed E-state index contributed by atoms with van der Waals surface area (Å²) in [5.41, 5.74) is 0.0533. The van der Waals surface area contributed by atoms with Crippen LogP contribution < -0.4 is 0 Å². The molecule has 0 aromatic heterocycles. The summed E-state index contributed by atoms with van der Waals surface area (Å²) < 4.78 is 0. The zero-order valence-electron chi connectivity index (χ0n) is 8.42. The fourth-order valence-electron chi connectivity index (χ4n) is 1.76. The lowest BCUT2D eigenvalue weighted by Crippen LogP contribution is -2.60. The number of rotatable bonds is 1. The molecule has 0 saturated carbocycles. The monoisotopic (exact) mass is 218 g/mol. The molecule has 1 amide bonds. The van der Waals surface area contributed by atoms with Crippen LogP contribution in [-0.4, -0.2) is 34.3 Å². The van der Waals surface area contributed by atoms with E-state index in [4.69, 9.17) is 10.4 Å². The van der Waals surface area contributed by atoms with Gasteiger partial charge in [-0.1, -0.05) is 12.1 Å². The largest absolute Gasteiger partial charge is 0.465 e. The Bertz CT molecular complexity index is 455. The zero-order chi connectivity index (χ0) is 11.8. The first-order valence-corrected chi connectivity index (χ1v) is 4.76. The number of hydrogen-bond donors (Lipinski definition) is 2. The first-order valence-electron chi connectivity index (χ1n) is 4.76. The van der Waals surface area contributed by atoms with Gasteiger partial charge in [-0.05, 0) is 17.7 Å². The molecule has 0 spiro atoms. The second-order valence-corrected chi connectivity index (χ2v) is 3.86. The molecule has 1 aliphatic heterocycles. The summed E-state index contributed by atoms with van der Waals surface area (Å²) in [6, 6.07) is 8.50. The summed E-state index contributed by atoms with van der Waals surface area (Å²) in [6.45, 7) is 0.155. The molecule has 0 bridgehead atoms. The van der Waals surface area contributed by atoms with Crippen LogP contribution in [0, 0.1) is 11.3 Å². The molecule has 82 valence electrons. The SMILES string of the molecule is N#Cc1ccc(C2(O)CN(C(=O)O)C2)cc1. The Morgan fingerprint density at radius 3 is 2.38 bits per heavy atom. The van der Waals surface area contributed by atoms with E-state index in [2.05, 4.69) is 0 Å². The van der Waals surface area contributed by atoms with Crippen molar-refractivity contribution >= 4 is 6.09 Å². The molecule has 5 heteroatoms. The van der Waals surface area contributed by atoms with Gasteiger partial charge in [-0.3, -0.25) is 0 Å². The minimum atomic E-state index is -1.10. The van der Waals surface area contributed by atoms with Gasteiger partial charge in [0.25, 0.3) is 0 Å². The highest BCUT2D eigenvalue weighted by Crippen LogP contribution is 2.31. The Kier molecular flexibility index (Phi) is 2.29. The molecule has 2 rings (SSSR count). The van der Waals surface area contributed by atoms with Gasteiger partial charge in [-0.25, -0.2) is 4.79 Å². The second-order valence-electron chi connectivity index (χ2n) is 3.86. The molecule has 16 heavy (non-hydrogen) atoms. The maximum atomic E-state index is 10.6. The predicted molar refractivity (Wildman–Crippen MR) is 54.7 cm³/mol. The summed E-state index contributed by atoms with van der Waals surface area (Å²) in [7, 11) is 0. The van der Waals surface area contributed by atoms with Crippen molar-refractivity contribution in [3.8, 4) is 6.07 Å². The second kappa shape index (κ2) is 3.51. The van der Waals surface area contributed by atoms with Crippen LogP contribution in [0.25, 0.3) is 0 Å². The van der Waals surface area contributed by atoms with Crippen LogP contribution in [0.15, 0.2) is 24.3 Å². The summed E-state index contributed by atoms with van der Waals surface area (Å²) in [5, 5.41) is 27.4. The predicted octanol–water partition coefficient (Wildman–Crippen LogP) is 0.739. The van der Waals surface area contributed by atoms with Gasteiger partial charge in [0.2, 0.25) is 0 Å². The van der Waals surface area contributed by atoms with Gasteiger partial charge < -0.3 is 15.1 Å². The maximum Gasteiger partial charge on any atom is 0.407 e. The van der Waals surface area contributed by atoms with Crippen LogP contribution in [0.2, 0.25) is 0 Å². The number of hydrogen-bond acceptors (Lipinski definition) is 3. The first-order chi connectivity index (χ1) is 7.55. The summed E-state index contributed by atoms with van der Waals surface area (Å²) in [4.78, 5) is 11.7. The maximum absolute atomic E-state index is 10.6. The third kappa shape index (κ3) is 1.59. The summed E-state index contributed by atoms with van der Waals surface area (Å²) in [5.74, 6) is 0. The number of benzene rings is 1. The number of carbonyl (C=O) groups is 1. The quantitative estimate of drug-likeness (QED) is 0.728. The molecule has 0 unspecified atom stereocenters. The molecular formula is C11H10N2O3. The van der Waals surface area contributed by atoms with Gasteiger partial charge in [-0.15, -0.1) is 0 Å². The van der Waals surface area contributed by atoms with Crippen LogP contribution in [0.4, 0.5) is 4.79 Å². The zero-order valence-corrected chi connectivity index (χ0v) is 8.42. The standard InChI is InChI=1S/C11H10N2O3/c12-5-8-1-3-9(4-2-8)11(16)6-13(7-11)10(14)15/h1-4,16H,6-7H2,(H,14,15). The number of carboxylic acid groups (broad SMARTS) is 1. The molecule has 0 aliphatic carbocycles. The van der Waals surface area contributed by atoms with Crippen LogP contribution in [0.1, 0.15) is 11.1 Å². The number of nitriles is 1. The van der Waals surface area contributed by atoms with Crippen molar-refractivity contribution in [3.05, 3.63) is 35.4 Å². The van der Waals surface area contributed by atoms with Crippen molar-refractivity contribution in [1.29, 1.82) is 5.26 Å². The molecule has 1 aromatic carbocycles. The van der Waals surface area contributed by atoms with E-state index in [1.54, 1.807) is 24.3 Å². The van der Waals surface area contributed by atoms with E-state index in [1.165, 1.54) is 0 Å². The molecule has 0 atom stereocenters. The van der Waals surface area contributed by atoms with Crippen molar-refractivity contribution in [1.82, 2.24) is 4.90 Å². The Labute approximate surface area is 92.2 Å². The topological polar surface area (TPSA) is 84.6 Å². The lowest BCUT2D eigenvalue weighted by molar-refractivity contribution is -0.0898. The third-order valence-electron chi connectivity index (χ3n) is 2.73. The minimum Gasteiger partial charge on any atom is -0.465 e. The van der Waals surface area contributed by atoms with E-state index in [0.29, 0.717) is 11.1 Å². The van der Waals surface area contributed by atoms with E-state index >= 15 is 0 Å².